The van der Waals surface area contributed by atoms with Crippen molar-refractivity contribution in [3.8, 4) is 46.3 Å². The molecule has 3 aromatic carbocycles. The highest BCUT2D eigenvalue weighted by atomic mass is 32.2. The number of aryl methyl sites for hydroxylation is 1. The van der Waals surface area contributed by atoms with Crippen LogP contribution in [-0.2, 0) is 42.2 Å². The first-order chi connectivity index (χ1) is 30.4. The number of rotatable bonds is 4. The highest BCUT2D eigenvalue weighted by Crippen LogP contribution is 2.65. The zero-order valence-corrected chi connectivity index (χ0v) is 37.9. The fourth-order valence-electron chi connectivity index (χ4n) is 10.7. The number of amides is 1. The third-order valence-corrected chi connectivity index (χ3v) is 14.4. The third-order valence-electron chi connectivity index (χ3n) is 13.0. The van der Waals surface area contributed by atoms with Gasteiger partial charge >= 0.3 is 24.0 Å². The average Bonchev–Trinajstić information content (AvgIpc) is 3.72. The van der Waals surface area contributed by atoms with E-state index in [2.05, 4.69) is 11.4 Å². The summed E-state index contributed by atoms with van der Waals surface area (Å²) in [5, 5.41) is 26.4. The zero-order valence-electron chi connectivity index (χ0n) is 37.0. The fourth-order valence-corrected chi connectivity index (χ4v) is 12.4. The lowest BCUT2D eigenvalue weighted by molar-refractivity contribution is -0.157. The molecule has 64 heavy (non-hydrogen) atoms. The minimum absolute atomic E-state index is 0.00310. The Hall–Kier alpha value is -5.90. The normalized spacial score (nSPS) is 26.3. The Kier molecular flexibility index (Phi) is 10.6. The number of nitriles is 1. The van der Waals surface area contributed by atoms with Gasteiger partial charge in [-0.1, -0.05) is 6.07 Å². The molecule has 0 aromatic heterocycles. The molecule has 0 radical (unpaired) electrons. The average molecular weight is 899 g/mol. The van der Waals surface area contributed by atoms with Crippen molar-refractivity contribution in [2.75, 3.05) is 39.9 Å². The summed E-state index contributed by atoms with van der Waals surface area (Å²) in [5.74, 6) is -0.314. The zero-order chi connectivity index (χ0) is 45.7. The molecule has 338 valence electrons. The molecule has 0 saturated carbocycles. The third kappa shape index (κ3) is 6.56. The lowest BCUT2D eigenvalue weighted by atomic mass is 9.71. The van der Waals surface area contributed by atoms with Crippen LogP contribution in [0.25, 0.3) is 0 Å². The van der Waals surface area contributed by atoms with Crippen LogP contribution < -0.4 is 33.7 Å². The van der Waals surface area contributed by atoms with Crippen LogP contribution in [0.5, 0.6) is 40.2 Å². The molecule has 4 bridgehead atoms. The standard InChI is InChI=1S/C46H50N4O13S/c1-20-12-25-13-27-28(16-47)49-29-17-58-43(54)46(26-15-30(56-8)31(61-22(3)51)14-24(26)10-11-48-46)18-64-42(34-33(29)41-40(59-19-60-41)21(2)39(34)62-23(4)52)36(49)35(32(25)37(53)38(20)57-9)50(27)44(55)63-45(5,6)7/h12,14-15,27-29,35-36,42,48,53H,10-11,13,17-19H2,1-9H3/t27?,28-,29-,35+,36?,42+,46+/m0/s1. The van der Waals surface area contributed by atoms with Gasteiger partial charge in [-0.15, -0.1) is 11.8 Å². The number of esters is 3. The molecule has 7 atom stereocenters. The van der Waals surface area contributed by atoms with Crippen molar-refractivity contribution in [2.45, 2.75) is 108 Å². The largest absolute Gasteiger partial charge is 0.504 e. The first-order valence-electron chi connectivity index (χ1n) is 21.1. The topological polar surface area (TPSA) is 205 Å². The number of aromatic hydroxyl groups is 1. The van der Waals surface area contributed by atoms with Gasteiger partial charge in [0, 0.05) is 48.4 Å². The summed E-state index contributed by atoms with van der Waals surface area (Å²) < 4.78 is 48.1. The molecule has 18 heteroatoms. The van der Waals surface area contributed by atoms with Crippen molar-refractivity contribution in [1.29, 1.82) is 5.26 Å². The Labute approximate surface area is 374 Å². The van der Waals surface area contributed by atoms with E-state index in [0.29, 0.717) is 57.8 Å². The van der Waals surface area contributed by atoms with Gasteiger partial charge in [-0.25, -0.2) is 9.59 Å². The van der Waals surface area contributed by atoms with Gasteiger partial charge in [0.15, 0.2) is 40.0 Å². The van der Waals surface area contributed by atoms with Crippen molar-refractivity contribution in [3.05, 3.63) is 62.7 Å². The van der Waals surface area contributed by atoms with Gasteiger partial charge in [0.1, 0.15) is 24.0 Å². The number of carbonyl (C=O) groups is 4. The molecule has 10 rings (SSSR count). The first-order valence-corrected chi connectivity index (χ1v) is 22.1. The monoisotopic (exact) mass is 898 g/mol. The van der Waals surface area contributed by atoms with E-state index < -0.39 is 70.6 Å². The van der Waals surface area contributed by atoms with E-state index in [1.165, 1.54) is 39.8 Å². The molecule has 7 heterocycles. The predicted molar refractivity (Wildman–Crippen MR) is 228 cm³/mol. The van der Waals surface area contributed by atoms with Crippen LogP contribution in [0, 0.1) is 25.2 Å². The number of hydrogen-bond donors (Lipinski definition) is 2. The maximum absolute atomic E-state index is 15.1. The van der Waals surface area contributed by atoms with E-state index >= 15 is 4.79 Å². The van der Waals surface area contributed by atoms with Gasteiger partial charge in [0.05, 0.1) is 49.7 Å². The minimum Gasteiger partial charge on any atom is -0.504 e. The number of nitrogens with zero attached hydrogens (tertiary/aromatic N) is 3. The van der Waals surface area contributed by atoms with Crippen LogP contribution in [0.2, 0.25) is 0 Å². The van der Waals surface area contributed by atoms with E-state index in [0.717, 1.165) is 11.1 Å². The number of methoxy groups -OCH3 is 2. The number of ether oxygens (including phenoxy) is 8. The van der Waals surface area contributed by atoms with Crippen LogP contribution in [0.3, 0.4) is 0 Å². The van der Waals surface area contributed by atoms with Gasteiger partial charge in [-0.2, -0.15) is 5.26 Å². The van der Waals surface area contributed by atoms with Crippen molar-refractivity contribution in [2.24, 2.45) is 0 Å². The van der Waals surface area contributed by atoms with Crippen LogP contribution in [0.1, 0.15) is 96.5 Å². The lowest BCUT2D eigenvalue weighted by Gasteiger charge is -2.62. The van der Waals surface area contributed by atoms with E-state index in [1.807, 2.05) is 17.9 Å². The molecule has 17 nitrogen and oxygen atoms in total. The highest BCUT2D eigenvalue weighted by molar-refractivity contribution is 7.99. The molecular weight excluding hydrogens is 849 g/mol. The summed E-state index contributed by atoms with van der Waals surface area (Å²) in [6.07, 6.45) is -0.0329. The molecule has 7 aliphatic rings. The second kappa shape index (κ2) is 15.7. The summed E-state index contributed by atoms with van der Waals surface area (Å²) >= 11 is 1.34. The highest BCUT2D eigenvalue weighted by Gasteiger charge is 2.64. The van der Waals surface area contributed by atoms with Crippen LogP contribution in [-0.4, -0.2) is 103 Å². The van der Waals surface area contributed by atoms with Gasteiger partial charge in [0.25, 0.3) is 0 Å². The van der Waals surface area contributed by atoms with Crippen molar-refractivity contribution < 1.29 is 62.2 Å². The molecule has 2 unspecified atom stereocenters. The second-order valence-electron chi connectivity index (χ2n) is 17.9. The molecule has 2 saturated heterocycles. The molecule has 1 amide bonds. The Balaban J connectivity index is 1.34. The maximum atomic E-state index is 15.1. The number of phenolic OH excluding ortho intramolecular Hbond substituents is 1. The van der Waals surface area contributed by atoms with Gasteiger partial charge < -0.3 is 43.0 Å². The number of nitrogens with one attached hydrogen (secondary N) is 1. The summed E-state index contributed by atoms with van der Waals surface area (Å²) in [6.45, 7) is 11.4. The van der Waals surface area contributed by atoms with Gasteiger partial charge in [-0.3, -0.25) is 24.7 Å². The van der Waals surface area contributed by atoms with Crippen LogP contribution in [0.15, 0.2) is 18.2 Å². The summed E-state index contributed by atoms with van der Waals surface area (Å²) in [6, 6.07) is 3.18. The number of benzene rings is 3. The number of phenols is 1. The summed E-state index contributed by atoms with van der Waals surface area (Å²) in [5.41, 5.74) is 2.19. The van der Waals surface area contributed by atoms with Gasteiger partial charge in [-0.05, 0) is 81.8 Å². The molecule has 3 aromatic rings. The molecule has 1 spiro atoms. The van der Waals surface area contributed by atoms with Crippen LogP contribution >= 0.6 is 11.8 Å². The van der Waals surface area contributed by atoms with E-state index in [4.69, 9.17) is 37.9 Å². The fraction of sp³-hybridized carbons (Fsp3) is 0.500. The molecular formula is C46H50N4O13S. The van der Waals surface area contributed by atoms with Crippen LogP contribution in [0.4, 0.5) is 4.79 Å². The van der Waals surface area contributed by atoms with E-state index in [9.17, 15) is 24.8 Å². The Bertz CT molecular complexity index is 2570. The number of thioether (sulfide) groups is 1. The molecule has 2 N–H and O–H groups in total. The molecule has 0 aliphatic carbocycles. The van der Waals surface area contributed by atoms with E-state index in [1.54, 1.807) is 44.7 Å². The smallest absolute Gasteiger partial charge is 0.411 e. The lowest BCUT2D eigenvalue weighted by Crippen LogP contribution is -2.71. The summed E-state index contributed by atoms with van der Waals surface area (Å²) in [7, 11) is 2.91. The summed E-state index contributed by atoms with van der Waals surface area (Å²) in [4.78, 5) is 58.8. The predicted octanol–water partition coefficient (Wildman–Crippen LogP) is 5.51. The molecule has 7 aliphatic heterocycles. The van der Waals surface area contributed by atoms with E-state index in [-0.39, 0.29) is 54.3 Å². The second-order valence-corrected chi connectivity index (χ2v) is 19.0. The number of hydrogen-bond acceptors (Lipinski definition) is 17. The minimum atomic E-state index is -1.51. The van der Waals surface area contributed by atoms with Crippen molar-refractivity contribution in [3.63, 3.8) is 0 Å². The number of carbonyl (C=O) groups excluding carboxylic acids is 4. The SMILES string of the molecule is COc1cc2c(cc1OC(C)=O)CCN[C@]21CS[C@@H]2c3c(OC(C)=O)c(C)c4c(c3[C@H](COC1=O)N1C2[C@H]2c3c(cc(C)c(OC)c3O)CC([C@@H]1C#N)N2C(=O)OC(C)(C)C)OCO4. The maximum Gasteiger partial charge on any atom is 0.411 e. The Morgan fingerprint density at radius 1 is 0.953 bits per heavy atom. The van der Waals surface area contributed by atoms with Crippen molar-refractivity contribution in [1.82, 2.24) is 15.1 Å². The first kappa shape index (κ1) is 43.4. The Morgan fingerprint density at radius 2 is 1.69 bits per heavy atom. The van der Waals surface area contributed by atoms with Gasteiger partial charge in [0.2, 0.25) is 6.79 Å². The number of piperazine rings is 1. The Morgan fingerprint density at radius 3 is 2.36 bits per heavy atom. The van der Waals surface area contributed by atoms with Crippen molar-refractivity contribution >= 4 is 35.8 Å². The molecule has 2 fully saturated rings. The number of fused-ring (bicyclic) bond motifs is 9. The quantitative estimate of drug-likeness (QED) is 0.245.